The van der Waals surface area contributed by atoms with Crippen molar-refractivity contribution < 1.29 is 9.18 Å². The van der Waals surface area contributed by atoms with Crippen LogP contribution in [-0.2, 0) is 0 Å². The lowest BCUT2D eigenvalue weighted by Gasteiger charge is -2.02. The minimum Gasteiger partial charge on any atom is -0.303 e. The summed E-state index contributed by atoms with van der Waals surface area (Å²) in [6, 6.07) is 2.68. The van der Waals surface area contributed by atoms with Crippen molar-refractivity contribution in [3.63, 3.8) is 0 Å². The molecule has 0 aliphatic carbocycles. The van der Waals surface area contributed by atoms with E-state index in [2.05, 4.69) is 15.3 Å². The quantitative estimate of drug-likeness (QED) is 0.846. The molecule has 15 heavy (non-hydrogen) atoms. The number of carbonyl (C=O) groups excluding carboxylic acids is 1. The van der Waals surface area contributed by atoms with Gasteiger partial charge in [-0.2, -0.15) is 0 Å². The van der Waals surface area contributed by atoms with Crippen LogP contribution in [0, 0.1) is 5.82 Å². The molecular weight excluding hydrogens is 217 g/mol. The third kappa shape index (κ3) is 2.16. The molecule has 0 spiro atoms. The van der Waals surface area contributed by atoms with E-state index < -0.39 is 11.7 Å². The third-order valence-electron chi connectivity index (χ3n) is 1.66. The van der Waals surface area contributed by atoms with Crippen LogP contribution in [0.2, 0.25) is 0 Å². The van der Waals surface area contributed by atoms with Crippen LogP contribution in [0.1, 0.15) is 10.5 Å². The molecule has 6 heteroatoms. The summed E-state index contributed by atoms with van der Waals surface area (Å²) in [5.41, 5.74) is 1.79. The Bertz CT molecular complexity index is 472. The van der Waals surface area contributed by atoms with Gasteiger partial charge in [0.25, 0.3) is 5.91 Å². The Hall–Kier alpha value is -1.82. The number of carbonyl (C=O) groups is 1. The number of anilines is 1. The fourth-order valence-corrected chi connectivity index (χ4v) is 1.51. The van der Waals surface area contributed by atoms with E-state index in [9.17, 15) is 9.18 Å². The first-order valence-corrected chi connectivity index (χ1v) is 5.01. The zero-order chi connectivity index (χ0) is 10.7. The van der Waals surface area contributed by atoms with Gasteiger partial charge in [-0.3, -0.25) is 4.79 Å². The fraction of sp³-hybridized carbons (Fsp3) is 0. The predicted molar refractivity (Wildman–Crippen MR) is 54.3 cm³/mol. The number of hydrogen-bond donors (Lipinski definition) is 1. The van der Waals surface area contributed by atoms with Crippen LogP contribution in [0.4, 0.5) is 10.2 Å². The molecule has 0 atom stereocenters. The number of aromatic nitrogens is 2. The summed E-state index contributed by atoms with van der Waals surface area (Å²) >= 11 is 1.30. The third-order valence-corrected chi connectivity index (χ3v) is 2.24. The van der Waals surface area contributed by atoms with Gasteiger partial charge < -0.3 is 5.32 Å². The zero-order valence-electron chi connectivity index (χ0n) is 7.48. The number of pyridine rings is 1. The number of hydrogen-bond acceptors (Lipinski definition) is 4. The number of amides is 1. The van der Waals surface area contributed by atoms with Gasteiger partial charge in [-0.15, -0.1) is 11.3 Å². The van der Waals surface area contributed by atoms with Crippen molar-refractivity contribution in [2.24, 2.45) is 0 Å². The lowest BCUT2D eigenvalue weighted by atomic mass is 10.4. The molecule has 0 aliphatic rings. The van der Waals surface area contributed by atoms with E-state index in [-0.39, 0.29) is 11.5 Å². The van der Waals surface area contributed by atoms with Crippen molar-refractivity contribution in [3.8, 4) is 0 Å². The molecule has 0 fully saturated rings. The van der Waals surface area contributed by atoms with Crippen molar-refractivity contribution in [1.29, 1.82) is 0 Å². The molecule has 2 aromatic rings. The van der Waals surface area contributed by atoms with E-state index in [4.69, 9.17) is 0 Å². The Morgan fingerprint density at radius 2 is 2.33 bits per heavy atom. The molecule has 2 rings (SSSR count). The predicted octanol–water partition coefficient (Wildman–Crippen LogP) is 1.93. The molecule has 2 heterocycles. The summed E-state index contributed by atoms with van der Waals surface area (Å²) < 4.78 is 13.1. The first kappa shape index (κ1) is 9.72. The molecule has 0 saturated carbocycles. The van der Waals surface area contributed by atoms with Gasteiger partial charge in [-0.1, -0.05) is 0 Å². The average Bonchev–Trinajstić information content (AvgIpc) is 2.74. The molecule has 0 saturated heterocycles. The Morgan fingerprint density at radius 1 is 1.47 bits per heavy atom. The van der Waals surface area contributed by atoms with Gasteiger partial charge in [0, 0.05) is 11.6 Å². The molecule has 2 aromatic heterocycles. The highest BCUT2D eigenvalue weighted by molar-refractivity contribution is 7.07. The van der Waals surface area contributed by atoms with Crippen LogP contribution < -0.4 is 5.32 Å². The smallest absolute Gasteiger partial charge is 0.276 e. The molecule has 0 radical (unpaired) electrons. The average molecular weight is 223 g/mol. The standard InChI is InChI=1S/C9H6FN3OS/c10-6-2-1-3-11-8(6)13-9(14)7-4-15-5-12-7/h1-5H,(H,11,13,14). The Morgan fingerprint density at radius 3 is 3.00 bits per heavy atom. The number of nitrogens with zero attached hydrogens (tertiary/aromatic N) is 2. The van der Waals surface area contributed by atoms with Gasteiger partial charge in [0.15, 0.2) is 11.6 Å². The van der Waals surface area contributed by atoms with Crippen molar-refractivity contribution in [2.75, 3.05) is 5.32 Å². The fourth-order valence-electron chi connectivity index (χ4n) is 0.974. The van der Waals surface area contributed by atoms with Gasteiger partial charge in [-0.25, -0.2) is 14.4 Å². The second-order valence-corrected chi connectivity index (χ2v) is 3.38. The van der Waals surface area contributed by atoms with Crippen molar-refractivity contribution in [3.05, 3.63) is 40.7 Å². The first-order chi connectivity index (χ1) is 7.27. The van der Waals surface area contributed by atoms with E-state index in [0.717, 1.165) is 0 Å². The Balaban J connectivity index is 2.17. The van der Waals surface area contributed by atoms with Gasteiger partial charge in [-0.05, 0) is 12.1 Å². The molecular formula is C9H6FN3OS. The maximum atomic E-state index is 13.1. The minimum atomic E-state index is -0.568. The molecule has 1 N–H and O–H groups in total. The summed E-state index contributed by atoms with van der Waals surface area (Å²) in [7, 11) is 0. The summed E-state index contributed by atoms with van der Waals surface area (Å²) in [5, 5.41) is 3.91. The molecule has 76 valence electrons. The Kier molecular flexibility index (Phi) is 2.68. The van der Waals surface area contributed by atoms with E-state index in [1.54, 1.807) is 5.38 Å². The number of thiazole rings is 1. The lowest BCUT2D eigenvalue weighted by Crippen LogP contribution is -2.14. The van der Waals surface area contributed by atoms with Gasteiger partial charge in [0.05, 0.1) is 5.51 Å². The van der Waals surface area contributed by atoms with Crippen LogP contribution in [0.3, 0.4) is 0 Å². The van der Waals surface area contributed by atoms with Crippen LogP contribution in [0.5, 0.6) is 0 Å². The second kappa shape index (κ2) is 4.14. The maximum absolute atomic E-state index is 13.1. The second-order valence-electron chi connectivity index (χ2n) is 2.66. The van der Waals surface area contributed by atoms with Gasteiger partial charge in [0.1, 0.15) is 5.69 Å². The molecule has 1 amide bonds. The topological polar surface area (TPSA) is 54.9 Å². The summed E-state index contributed by atoms with van der Waals surface area (Å²) in [6.45, 7) is 0. The molecule has 0 bridgehead atoms. The van der Waals surface area contributed by atoms with Gasteiger partial charge in [0.2, 0.25) is 0 Å². The molecule has 4 nitrogen and oxygen atoms in total. The maximum Gasteiger partial charge on any atom is 0.276 e. The molecule has 0 aliphatic heterocycles. The zero-order valence-corrected chi connectivity index (χ0v) is 8.29. The van der Waals surface area contributed by atoms with E-state index in [1.807, 2.05) is 0 Å². The van der Waals surface area contributed by atoms with Crippen molar-refractivity contribution in [1.82, 2.24) is 9.97 Å². The van der Waals surface area contributed by atoms with Crippen LogP contribution >= 0.6 is 11.3 Å². The summed E-state index contributed by atoms with van der Waals surface area (Å²) in [5.74, 6) is -1.12. The van der Waals surface area contributed by atoms with Gasteiger partial charge >= 0.3 is 0 Å². The van der Waals surface area contributed by atoms with E-state index in [0.29, 0.717) is 0 Å². The monoisotopic (exact) mass is 223 g/mol. The van der Waals surface area contributed by atoms with Crippen LogP contribution in [0.25, 0.3) is 0 Å². The van der Waals surface area contributed by atoms with Crippen molar-refractivity contribution in [2.45, 2.75) is 0 Å². The minimum absolute atomic E-state index is 0.0875. The number of halogens is 1. The largest absolute Gasteiger partial charge is 0.303 e. The lowest BCUT2D eigenvalue weighted by molar-refractivity contribution is 0.102. The first-order valence-electron chi connectivity index (χ1n) is 4.07. The number of rotatable bonds is 2. The Labute approximate surface area is 88.8 Å². The normalized spacial score (nSPS) is 9.93. The molecule has 0 unspecified atom stereocenters. The van der Waals surface area contributed by atoms with Crippen LogP contribution in [0.15, 0.2) is 29.2 Å². The number of nitrogens with one attached hydrogen (secondary N) is 1. The van der Waals surface area contributed by atoms with Crippen LogP contribution in [-0.4, -0.2) is 15.9 Å². The highest BCUT2D eigenvalue weighted by Gasteiger charge is 2.10. The summed E-state index contributed by atoms with van der Waals surface area (Å²) in [4.78, 5) is 18.9. The van der Waals surface area contributed by atoms with Crippen molar-refractivity contribution >= 4 is 23.1 Å². The highest BCUT2D eigenvalue weighted by Crippen LogP contribution is 2.10. The van der Waals surface area contributed by atoms with E-state index >= 15 is 0 Å². The summed E-state index contributed by atoms with van der Waals surface area (Å²) in [6.07, 6.45) is 1.40. The van der Waals surface area contributed by atoms with E-state index in [1.165, 1.54) is 35.2 Å². The SMILES string of the molecule is O=C(Nc1ncccc1F)c1cscn1. The molecule has 0 aromatic carbocycles. The highest BCUT2D eigenvalue weighted by atomic mass is 32.1.